The fourth-order valence-electron chi connectivity index (χ4n) is 2.38. The molecule has 0 spiro atoms. The molecule has 2 N–H and O–H groups in total. The van der Waals surface area contributed by atoms with Crippen LogP contribution in [0.5, 0.6) is 0 Å². The molecule has 6 nitrogen and oxygen atoms in total. The standard InChI is InChI=1S/C18H18F3N5O/c1-11(12(2)27)26-24-17(23-25-26)15-5-3-4-6-16(15)22-14-9-7-13(8-10-14)18(19,20)21/h3-12,22,27H,1-2H3/t11-,12+/m0/s1. The van der Waals surface area contributed by atoms with Gasteiger partial charge in [0.1, 0.15) is 0 Å². The fraction of sp³-hybridized carbons (Fsp3) is 0.278. The highest BCUT2D eigenvalue weighted by Crippen LogP contribution is 2.32. The molecule has 0 aliphatic carbocycles. The molecule has 0 saturated carbocycles. The van der Waals surface area contributed by atoms with Gasteiger partial charge in [-0.3, -0.25) is 0 Å². The maximum Gasteiger partial charge on any atom is 0.416 e. The zero-order chi connectivity index (χ0) is 19.6. The zero-order valence-electron chi connectivity index (χ0n) is 14.6. The summed E-state index contributed by atoms with van der Waals surface area (Å²) in [6.45, 7) is 3.40. The lowest BCUT2D eigenvalue weighted by Gasteiger charge is -2.12. The second kappa shape index (κ2) is 7.36. The van der Waals surface area contributed by atoms with Crippen LogP contribution >= 0.6 is 0 Å². The molecule has 0 fully saturated rings. The van der Waals surface area contributed by atoms with Gasteiger partial charge in [-0.25, -0.2) is 0 Å². The van der Waals surface area contributed by atoms with Crippen molar-refractivity contribution in [3.05, 3.63) is 54.1 Å². The van der Waals surface area contributed by atoms with Crippen LogP contribution in [0.25, 0.3) is 11.4 Å². The molecule has 0 aliphatic rings. The van der Waals surface area contributed by atoms with Crippen molar-refractivity contribution >= 4 is 11.4 Å². The third kappa shape index (κ3) is 4.25. The van der Waals surface area contributed by atoms with Gasteiger partial charge in [0.25, 0.3) is 0 Å². The predicted molar refractivity (Wildman–Crippen MR) is 94.4 cm³/mol. The van der Waals surface area contributed by atoms with Crippen LogP contribution in [0.15, 0.2) is 48.5 Å². The van der Waals surface area contributed by atoms with E-state index in [0.717, 1.165) is 12.1 Å². The number of hydrogen-bond acceptors (Lipinski definition) is 5. The molecule has 0 bridgehead atoms. The van der Waals surface area contributed by atoms with Gasteiger partial charge in [-0.15, -0.1) is 10.2 Å². The average Bonchev–Trinajstić information content (AvgIpc) is 3.11. The van der Waals surface area contributed by atoms with E-state index < -0.39 is 17.8 Å². The minimum atomic E-state index is -4.38. The molecular weight excluding hydrogens is 359 g/mol. The Balaban J connectivity index is 1.87. The number of alkyl halides is 3. The van der Waals surface area contributed by atoms with Crippen molar-refractivity contribution < 1.29 is 18.3 Å². The number of aliphatic hydroxyl groups excluding tert-OH is 1. The SMILES string of the molecule is C[C@@H](O)[C@H](C)n1nnc(-c2ccccc2Nc2ccc(C(F)(F)F)cc2)n1. The van der Waals surface area contributed by atoms with E-state index in [0.29, 0.717) is 22.8 Å². The first-order chi connectivity index (χ1) is 12.8. The number of aliphatic hydroxyl groups is 1. The second-order valence-electron chi connectivity index (χ2n) is 6.16. The van der Waals surface area contributed by atoms with E-state index in [9.17, 15) is 18.3 Å². The molecule has 0 saturated heterocycles. The van der Waals surface area contributed by atoms with E-state index in [1.807, 2.05) is 0 Å². The first-order valence-corrected chi connectivity index (χ1v) is 8.27. The van der Waals surface area contributed by atoms with Gasteiger partial charge in [0.2, 0.25) is 5.82 Å². The Morgan fingerprint density at radius 2 is 1.70 bits per heavy atom. The molecule has 2 aromatic carbocycles. The summed E-state index contributed by atoms with van der Waals surface area (Å²) in [5.41, 5.74) is 1.06. The van der Waals surface area contributed by atoms with Gasteiger partial charge in [0, 0.05) is 16.9 Å². The van der Waals surface area contributed by atoms with Crippen LogP contribution in [0.4, 0.5) is 24.5 Å². The van der Waals surface area contributed by atoms with Crippen LogP contribution < -0.4 is 5.32 Å². The van der Waals surface area contributed by atoms with Crippen LogP contribution in [0.2, 0.25) is 0 Å². The van der Waals surface area contributed by atoms with Crippen molar-refractivity contribution in [1.29, 1.82) is 0 Å². The molecule has 1 aromatic heterocycles. The van der Waals surface area contributed by atoms with Crippen molar-refractivity contribution in [3.8, 4) is 11.4 Å². The number of para-hydroxylation sites is 1. The molecule has 142 valence electrons. The Morgan fingerprint density at radius 3 is 2.33 bits per heavy atom. The van der Waals surface area contributed by atoms with Crippen LogP contribution in [0.3, 0.4) is 0 Å². The summed E-state index contributed by atoms with van der Waals surface area (Å²) in [7, 11) is 0. The highest BCUT2D eigenvalue weighted by atomic mass is 19.4. The molecule has 0 amide bonds. The number of rotatable bonds is 5. The Morgan fingerprint density at radius 1 is 1.04 bits per heavy atom. The summed E-state index contributed by atoms with van der Waals surface area (Å²) in [5, 5.41) is 25.0. The Bertz CT molecular complexity index is 906. The fourth-order valence-corrected chi connectivity index (χ4v) is 2.38. The molecule has 2 atom stereocenters. The van der Waals surface area contributed by atoms with Gasteiger partial charge in [-0.1, -0.05) is 12.1 Å². The molecular formula is C18H18F3N5O. The smallest absolute Gasteiger partial charge is 0.391 e. The van der Waals surface area contributed by atoms with E-state index in [-0.39, 0.29) is 6.04 Å². The number of nitrogens with zero attached hydrogens (tertiary/aromatic N) is 4. The van der Waals surface area contributed by atoms with E-state index in [1.54, 1.807) is 38.1 Å². The first-order valence-electron chi connectivity index (χ1n) is 8.27. The summed E-state index contributed by atoms with van der Waals surface area (Å²) in [6.07, 6.45) is -5.02. The lowest BCUT2D eigenvalue weighted by Crippen LogP contribution is -2.20. The van der Waals surface area contributed by atoms with E-state index in [1.165, 1.54) is 16.9 Å². The van der Waals surface area contributed by atoms with E-state index in [2.05, 4.69) is 20.7 Å². The van der Waals surface area contributed by atoms with Gasteiger partial charge in [-0.2, -0.15) is 18.0 Å². The van der Waals surface area contributed by atoms with Gasteiger partial charge >= 0.3 is 6.18 Å². The van der Waals surface area contributed by atoms with E-state index in [4.69, 9.17) is 0 Å². The van der Waals surface area contributed by atoms with Crippen LogP contribution in [-0.4, -0.2) is 31.4 Å². The number of nitrogens with one attached hydrogen (secondary N) is 1. The van der Waals surface area contributed by atoms with Crippen molar-refractivity contribution in [1.82, 2.24) is 20.2 Å². The average molecular weight is 377 g/mol. The third-order valence-corrected chi connectivity index (χ3v) is 4.15. The zero-order valence-corrected chi connectivity index (χ0v) is 14.6. The lowest BCUT2D eigenvalue weighted by atomic mass is 10.1. The van der Waals surface area contributed by atoms with Crippen LogP contribution in [0.1, 0.15) is 25.5 Å². The number of benzene rings is 2. The minimum absolute atomic E-state index is 0.345. The predicted octanol–water partition coefficient (Wildman–Crippen LogP) is 4.04. The van der Waals surface area contributed by atoms with Crippen molar-refractivity contribution in [2.45, 2.75) is 32.2 Å². The largest absolute Gasteiger partial charge is 0.416 e. The molecule has 0 radical (unpaired) electrons. The maximum atomic E-state index is 12.7. The molecule has 3 aromatic rings. The molecule has 0 aliphatic heterocycles. The highest BCUT2D eigenvalue weighted by molar-refractivity contribution is 5.77. The number of halogens is 3. The van der Waals surface area contributed by atoms with Gasteiger partial charge < -0.3 is 10.4 Å². The monoisotopic (exact) mass is 377 g/mol. The molecule has 9 heteroatoms. The normalized spacial score (nSPS) is 14.0. The lowest BCUT2D eigenvalue weighted by molar-refractivity contribution is -0.137. The van der Waals surface area contributed by atoms with Gasteiger partial charge in [0.15, 0.2) is 0 Å². The number of anilines is 2. The topological polar surface area (TPSA) is 75.9 Å². The minimum Gasteiger partial charge on any atom is -0.391 e. The van der Waals surface area contributed by atoms with Crippen molar-refractivity contribution in [2.75, 3.05) is 5.32 Å². The summed E-state index contributed by atoms with van der Waals surface area (Å²) < 4.78 is 38.1. The number of aromatic nitrogens is 4. The second-order valence-corrected chi connectivity index (χ2v) is 6.16. The van der Waals surface area contributed by atoms with Gasteiger partial charge in [0.05, 0.1) is 17.7 Å². The van der Waals surface area contributed by atoms with Gasteiger partial charge in [-0.05, 0) is 55.5 Å². The summed E-state index contributed by atoms with van der Waals surface area (Å²) >= 11 is 0. The molecule has 27 heavy (non-hydrogen) atoms. The highest BCUT2D eigenvalue weighted by Gasteiger charge is 2.30. The summed E-state index contributed by atoms with van der Waals surface area (Å²) in [6, 6.07) is 11.5. The Labute approximate surface area is 153 Å². The maximum absolute atomic E-state index is 12.7. The van der Waals surface area contributed by atoms with Crippen LogP contribution in [0, 0.1) is 0 Å². The third-order valence-electron chi connectivity index (χ3n) is 4.15. The Hall–Kier alpha value is -2.94. The molecule has 3 rings (SSSR count). The quantitative estimate of drug-likeness (QED) is 0.702. The Kier molecular flexibility index (Phi) is 5.13. The first kappa shape index (κ1) is 18.8. The summed E-state index contributed by atoms with van der Waals surface area (Å²) in [4.78, 5) is 1.33. The van der Waals surface area contributed by atoms with Crippen LogP contribution in [-0.2, 0) is 6.18 Å². The number of tetrazole rings is 1. The number of hydrogen-bond donors (Lipinski definition) is 2. The van der Waals surface area contributed by atoms with Crippen molar-refractivity contribution in [3.63, 3.8) is 0 Å². The van der Waals surface area contributed by atoms with E-state index >= 15 is 0 Å². The molecule has 1 heterocycles. The summed E-state index contributed by atoms with van der Waals surface area (Å²) in [5.74, 6) is 0.345. The molecule has 0 unspecified atom stereocenters. The van der Waals surface area contributed by atoms with Crippen molar-refractivity contribution in [2.24, 2.45) is 0 Å².